The van der Waals surface area contributed by atoms with Gasteiger partial charge in [-0.05, 0) is 11.6 Å². The van der Waals surface area contributed by atoms with Crippen molar-refractivity contribution in [3.05, 3.63) is 33.9 Å². The zero-order valence-corrected chi connectivity index (χ0v) is 11.3. The first-order valence-corrected chi connectivity index (χ1v) is 6.39. The van der Waals surface area contributed by atoms with Crippen molar-refractivity contribution in [2.24, 2.45) is 0 Å². The Morgan fingerprint density at radius 2 is 2.35 bits per heavy atom. The Hall–Kier alpha value is -1.70. The van der Waals surface area contributed by atoms with Crippen LogP contribution >= 0.6 is 0 Å². The SMILES string of the molecule is COc1cc(CN2CCOC(CO)C2)cc([N+](=O)[O-])c1. The number of nitro benzene ring substituents is 1. The van der Waals surface area contributed by atoms with Gasteiger partial charge in [0.15, 0.2) is 0 Å². The van der Waals surface area contributed by atoms with E-state index in [-0.39, 0.29) is 18.4 Å². The van der Waals surface area contributed by atoms with Crippen molar-refractivity contribution < 1.29 is 19.5 Å². The van der Waals surface area contributed by atoms with Crippen molar-refractivity contribution in [1.29, 1.82) is 0 Å². The lowest BCUT2D eigenvalue weighted by molar-refractivity contribution is -0.385. The molecule has 1 aromatic rings. The molecule has 1 fully saturated rings. The number of non-ortho nitro benzene ring substituents is 1. The highest BCUT2D eigenvalue weighted by Gasteiger charge is 2.20. The van der Waals surface area contributed by atoms with E-state index in [2.05, 4.69) is 4.90 Å². The van der Waals surface area contributed by atoms with Gasteiger partial charge in [-0.3, -0.25) is 15.0 Å². The highest BCUT2D eigenvalue weighted by Crippen LogP contribution is 2.24. The fraction of sp³-hybridized carbons (Fsp3) is 0.538. The van der Waals surface area contributed by atoms with Crippen molar-refractivity contribution in [1.82, 2.24) is 4.90 Å². The number of nitro groups is 1. The summed E-state index contributed by atoms with van der Waals surface area (Å²) in [6.45, 7) is 2.45. The van der Waals surface area contributed by atoms with Crippen LogP contribution < -0.4 is 4.74 Å². The fourth-order valence-electron chi connectivity index (χ4n) is 2.25. The second-order valence-corrected chi connectivity index (χ2v) is 4.71. The maximum atomic E-state index is 10.9. The van der Waals surface area contributed by atoms with Crippen LogP contribution in [0.25, 0.3) is 0 Å². The molecule has 1 aliphatic rings. The second-order valence-electron chi connectivity index (χ2n) is 4.71. The van der Waals surface area contributed by atoms with Gasteiger partial charge in [-0.25, -0.2) is 0 Å². The van der Waals surface area contributed by atoms with Gasteiger partial charge in [0.05, 0.1) is 37.4 Å². The zero-order chi connectivity index (χ0) is 14.5. The summed E-state index contributed by atoms with van der Waals surface area (Å²) in [5, 5.41) is 20.0. The molecule has 7 heteroatoms. The van der Waals surface area contributed by atoms with Crippen LogP contribution in [0.2, 0.25) is 0 Å². The largest absolute Gasteiger partial charge is 0.496 e. The molecule has 1 N–H and O–H groups in total. The highest BCUT2D eigenvalue weighted by atomic mass is 16.6. The van der Waals surface area contributed by atoms with E-state index in [1.54, 1.807) is 12.1 Å². The molecule has 1 aromatic carbocycles. The summed E-state index contributed by atoms with van der Waals surface area (Å²) in [6, 6.07) is 4.74. The molecule has 0 saturated carbocycles. The van der Waals surface area contributed by atoms with E-state index in [1.807, 2.05) is 0 Å². The van der Waals surface area contributed by atoms with E-state index in [4.69, 9.17) is 14.6 Å². The van der Waals surface area contributed by atoms with Crippen LogP contribution in [0.1, 0.15) is 5.56 Å². The van der Waals surface area contributed by atoms with E-state index in [0.29, 0.717) is 25.4 Å². The average molecular weight is 282 g/mol. The number of benzene rings is 1. The van der Waals surface area contributed by atoms with Gasteiger partial charge in [0.2, 0.25) is 0 Å². The number of morpholine rings is 1. The predicted molar refractivity (Wildman–Crippen MR) is 71.8 cm³/mol. The first-order chi connectivity index (χ1) is 9.62. The van der Waals surface area contributed by atoms with Gasteiger partial charge in [0.25, 0.3) is 5.69 Å². The first kappa shape index (κ1) is 14.7. The minimum Gasteiger partial charge on any atom is -0.496 e. The molecule has 0 aliphatic carbocycles. The standard InChI is InChI=1S/C13H18N2O5/c1-19-12-5-10(4-11(6-12)15(17)18)7-14-2-3-20-13(8-14)9-16/h4-6,13,16H,2-3,7-9H2,1H3. The summed E-state index contributed by atoms with van der Waals surface area (Å²) < 4.78 is 10.5. The molecular formula is C13H18N2O5. The second kappa shape index (κ2) is 6.65. The molecule has 1 saturated heterocycles. The third-order valence-electron chi connectivity index (χ3n) is 3.23. The van der Waals surface area contributed by atoms with Gasteiger partial charge in [-0.2, -0.15) is 0 Å². The van der Waals surface area contributed by atoms with E-state index in [9.17, 15) is 10.1 Å². The normalized spacial score (nSPS) is 19.8. The van der Waals surface area contributed by atoms with Crippen molar-refractivity contribution in [2.45, 2.75) is 12.6 Å². The van der Waals surface area contributed by atoms with Crippen LogP contribution in [-0.2, 0) is 11.3 Å². The number of hydrogen-bond acceptors (Lipinski definition) is 6. The van der Waals surface area contributed by atoms with Crippen molar-refractivity contribution >= 4 is 5.69 Å². The minimum absolute atomic E-state index is 0.0191. The Morgan fingerprint density at radius 1 is 1.55 bits per heavy atom. The van der Waals surface area contributed by atoms with E-state index >= 15 is 0 Å². The van der Waals surface area contributed by atoms with Gasteiger partial charge < -0.3 is 14.6 Å². The number of methoxy groups -OCH3 is 1. The molecule has 1 atom stereocenters. The summed E-state index contributed by atoms with van der Waals surface area (Å²) in [4.78, 5) is 12.6. The lowest BCUT2D eigenvalue weighted by Gasteiger charge is -2.31. The summed E-state index contributed by atoms with van der Waals surface area (Å²) >= 11 is 0. The van der Waals surface area contributed by atoms with Crippen LogP contribution in [0, 0.1) is 10.1 Å². The summed E-state index contributed by atoms with van der Waals surface area (Å²) in [6.07, 6.45) is -0.190. The lowest BCUT2D eigenvalue weighted by Crippen LogP contribution is -2.43. The maximum Gasteiger partial charge on any atom is 0.273 e. The molecule has 2 rings (SSSR count). The highest BCUT2D eigenvalue weighted by molar-refractivity contribution is 5.42. The molecule has 0 spiro atoms. The van der Waals surface area contributed by atoms with Crippen LogP contribution in [0.15, 0.2) is 18.2 Å². The first-order valence-electron chi connectivity index (χ1n) is 6.39. The van der Waals surface area contributed by atoms with Gasteiger partial charge in [-0.1, -0.05) is 0 Å². The minimum atomic E-state index is -0.429. The Kier molecular flexibility index (Phi) is 4.89. The molecule has 20 heavy (non-hydrogen) atoms. The van der Waals surface area contributed by atoms with E-state index in [1.165, 1.54) is 13.2 Å². The van der Waals surface area contributed by atoms with Gasteiger partial charge >= 0.3 is 0 Å². The lowest BCUT2D eigenvalue weighted by atomic mass is 10.1. The predicted octanol–water partition coefficient (Wildman–Crippen LogP) is 0.796. The molecule has 0 radical (unpaired) electrons. The van der Waals surface area contributed by atoms with Crippen molar-refractivity contribution in [3.8, 4) is 5.75 Å². The fourth-order valence-corrected chi connectivity index (χ4v) is 2.25. The molecule has 1 unspecified atom stereocenters. The molecule has 7 nitrogen and oxygen atoms in total. The van der Waals surface area contributed by atoms with E-state index < -0.39 is 4.92 Å². The average Bonchev–Trinajstić information content (AvgIpc) is 2.47. The van der Waals surface area contributed by atoms with Crippen molar-refractivity contribution in [2.75, 3.05) is 33.4 Å². The zero-order valence-electron chi connectivity index (χ0n) is 11.3. The van der Waals surface area contributed by atoms with Crippen LogP contribution in [0.5, 0.6) is 5.75 Å². The van der Waals surface area contributed by atoms with Crippen LogP contribution in [0.3, 0.4) is 0 Å². The third kappa shape index (κ3) is 3.66. The molecule has 1 heterocycles. The smallest absolute Gasteiger partial charge is 0.273 e. The van der Waals surface area contributed by atoms with Crippen LogP contribution in [-0.4, -0.2) is 54.4 Å². The number of hydrogen-bond donors (Lipinski definition) is 1. The number of rotatable bonds is 5. The molecule has 0 bridgehead atoms. The topological polar surface area (TPSA) is 85.1 Å². The number of aliphatic hydroxyl groups excluding tert-OH is 1. The van der Waals surface area contributed by atoms with Crippen LogP contribution in [0.4, 0.5) is 5.69 Å². The summed E-state index contributed by atoms with van der Waals surface area (Å²) in [5.41, 5.74) is 0.834. The molecule has 110 valence electrons. The Bertz CT molecular complexity index is 480. The number of nitrogens with zero attached hydrogens (tertiary/aromatic N) is 2. The molecule has 0 aromatic heterocycles. The van der Waals surface area contributed by atoms with Gasteiger partial charge in [0.1, 0.15) is 5.75 Å². The number of aliphatic hydroxyl groups is 1. The molecule has 0 amide bonds. The summed E-state index contributed by atoms with van der Waals surface area (Å²) in [7, 11) is 1.49. The molecule has 1 aliphatic heterocycles. The van der Waals surface area contributed by atoms with Gasteiger partial charge in [-0.15, -0.1) is 0 Å². The Labute approximate surface area is 116 Å². The monoisotopic (exact) mass is 282 g/mol. The maximum absolute atomic E-state index is 10.9. The van der Waals surface area contributed by atoms with E-state index in [0.717, 1.165) is 12.1 Å². The Morgan fingerprint density at radius 3 is 3.00 bits per heavy atom. The van der Waals surface area contributed by atoms with Gasteiger partial charge in [0, 0.05) is 25.7 Å². The summed E-state index contributed by atoms with van der Waals surface area (Å²) in [5.74, 6) is 0.473. The third-order valence-corrected chi connectivity index (χ3v) is 3.23. The Balaban J connectivity index is 2.11. The quantitative estimate of drug-likeness (QED) is 0.635. The molecular weight excluding hydrogens is 264 g/mol. The number of ether oxygens (including phenoxy) is 2. The van der Waals surface area contributed by atoms with Crippen molar-refractivity contribution in [3.63, 3.8) is 0 Å².